The molecule has 1 amide bonds. The molecular weight excluding hydrogens is 660 g/mol. The summed E-state index contributed by atoms with van der Waals surface area (Å²) in [5, 5.41) is 0.723. The van der Waals surface area contributed by atoms with Gasteiger partial charge in [-0.2, -0.15) is 0 Å². The van der Waals surface area contributed by atoms with Crippen LogP contribution in [0.2, 0.25) is 0 Å². The zero-order valence-electron chi connectivity index (χ0n) is 26.9. The largest absolute Gasteiger partial charge is 0.444 e. The van der Waals surface area contributed by atoms with Gasteiger partial charge in [-0.15, -0.1) is 11.3 Å². The van der Waals surface area contributed by atoms with E-state index in [1.54, 1.807) is 63.2 Å². The number of methoxy groups -OCH3 is 1. The number of amides is 1. The van der Waals surface area contributed by atoms with Gasteiger partial charge in [0.15, 0.2) is 17.1 Å². The molecule has 4 heterocycles. The summed E-state index contributed by atoms with van der Waals surface area (Å²) >= 11 is 1.16. The van der Waals surface area contributed by atoms with Crippen molar-refractivity contribution in [1.82, 2.24) is 18.8 Å². The minimum atomic E-state index is -4.23. The van der Waals surface area contributed by atoms with E-state index in [9.17, 15) is 18.0 Å². The molecule has 1 aliphatic rings. The molecule has 1 aliphatic heterocycles. The molecule has 250 valence electrons. The number of aldehydes is 1. The van der Waals surface area contributed by atoms with Crippen LogP contribution < -0.4 is 0 Å². The van der Waals surface area contributed by atoms with Gasteiger partial charge in [0, 0.05) is 29.8 Å². The van der Waals surface area contributed by atoms with Crippen molar-refractivity contribution in [3.63, 3.8) is 0 Å². The second-order valence-corrected chi connectivity index (χ2v) is 15.3. The third-order valence-corrected chi connectivity index (χ3v) is 10.7. The highest BCUT2D eigenvalue weighted by Gasteiger charge is 2.51. The molecule has 2 aromatic carbocycles. The van der Waals surface area contributed by atoms with Crippen LogP contribution >= 0.6 is 11.3 Å². The highest BCUT2D eigenvalue weighted by atomic mass is 32.2. The topological polar surface area (TPSA) is 130 Å². The van der Waals surface area contributed by atoms with Crippen LogP contribution in [0, 0.1) is 12.7 Å². The second-order valence-electron chi connectivity index (χ2n) is 12.5. The van der Waals surface area contributed by atoms with Crippen molar-refractivity contribution >= 4 is 44.8 Å². The van der Waals surface area contributed by atoms with Crippen molar-refractivity contribution in [2.24, 2.45) is 0 Å². The average Bonchev–Trinajstić information content (AvgIpc) is 3.66. The second kappa shape index (κ2) is 12.5. The van der Waals surface area contributed by atoms with Crippen LogP contribution in [0.4, 0.5) is 9.18 Å². The highest BCUT2D eigenvalue weighted by molar-refractivity contribution is 7.90. The molecule has 0 aliphatic carbocycles. The van der Waals surface area contributed by atoms with Crippen LogP contribution in [0.5, 0.6) is 0 Å². The lowest BCUT2D eigenvalue weighted by atomic mass is 9.95. The molecule has 1 fully saturated rings. The van der Waals surface area contributed by atoms with Crippen LogP contribution in [0.25, 0.3) is 32.7 Å². The first-order chi connectivity index (χ1) is 22.8. The number of pyridine rings is 1. The molecule has 0 unspecified atom stereocenters. The highest BCUT2D eigenvalue weighted by Crippen LogP contribution is 2.44. The number of aryl methyl sites for hydroxylation is 1. The summed E-state index contributed by atoms with van der Waals surface area (Å²) in [5.41, 5.74) is 0.431. The van der Waals surface area contributed by atoms with Crippen LogP contribution in [0.3, 0.4) is 0 Å². The van der Waals surface area contributed by atoms with Crippen LogP contribution in [-0.2, 0) is 29.8 Å². The van der Waals surface area contributed by atoms with Gasteiger partial charge in [-0.05, 0) is 51.5 Å². The number of rotatable bonds is 9. The molecule has 0 saturated carbocycles. The van der Waals surface area contributed by atoms with Gasteiger partial charge in [0.25, 0.3) is 10.0 Å². The molecule has 48 heavy (non-hydrogen) atoms. The van der Waals surface area contributed by atoms with E-state index in [1.165, 1.54) is 30.3 Å². The fourth-order valence-corrected chi connectivity index (χ4v) is 8.01. The van der Waals surface area contributed by atoms with E-state index >= 15 is 4.39 Å². The number of hydrogen-bond acceptors (Lipinski definition) is 10. The summed E-state index contributed by atoms with van der Waals surface area (Å²) in [5.74, 6) is -0.679. The summed E-state index contributed by atoms with van der Waals surface area (Å²) in [6.07, 6.45) is 2.68. The van der Waals surface area contributed by atoms with E-state index in [1.807, 2.05) is 6.92 Å². The average molecular weight is 693 g/mol. The number of ether oxygens (including phenoxy) is 3. The predicted octanol–water partition coefficient (Wildman–Crippen LogP) is 6.39. The quantitative estimate of drug-likeness (QED) is 0.127. The van der Waals surface area contributed by atoms with E-state index in [-0.39, 0.29) is 47.1 Å². The third kappa shape index (κ3) is 6.12. The summed E-state index contributed by atoms with van der Waals surface area (Å²) in [6.45, 7) is 7.39. The molecule has 0 N–H and O–H groups in total. The molecule has 0 atom stereocenters. The minimum Gasteiger partial charge on any atom is -0.444 e. The molecule has 0 bridgehead atoms. The van der Waals surface area contributed by atoms with E-state index in [0.717, 1.165) is 27.1 Å². The van der Waals surface area contributed by atoms with Crippen molar-refractivity contribution in [3.05, 3.63) is 88.9 Å². The van der Waals surface area contributed by atoms with Crippen LogP contribution in [0.15, 0.2) is 71.9 Å². The van der Waals surface area contributed by atoms with E-state index in [4.69, 9.17) is 14.2 Å². The first kappa shape index (κ1) is 33.4. The van der Waals surface area contributed by atoms with Gasteiger partial charge >= 0.3 is 6.09 Å². The van der Waals surface area contributed by atoms with Gasteiger partial charge in [-0.1, -0.05) is 42.0 Å². The van der Waals surface area contributed by atoms with E-state index < -0.39 is 33.1 Å². The van der Waals surface area contributed by atoms with Crippen molar-refractivity contribution in [2.75, 3.05) is 27.0 Å². The molecule has 14 heteroatoms. The van der Waals surface area contributed by atoms with Gasteiger partial charge in [0.1, 0.15) is 23.7 Å². The summed E-state index contributed by atoms with van der Waals surface area (Å²) in [6, 6.07) is 14.4. The Morgan fingerprint density at radius 1 is 1.06 bits per heavy atom. The van der Waals surface area contributed by atoms with Crippen molar-refractivity contribution in [3.8, 4) is 21.7 Å². The number of carbonyl (C=O) groups excluding carboxylic acids is 2. The zero-order chi connectivity index (χ0) is 34.4. The van der Waals surface area contributed by atoms with Gasteiger partial charge < -0.3 is 19.1 Å². The van der Waals surface area contributed by atoms with Crippen molar-refractivity contribution < 1.29 is 36.6 Å². The Labute approximate surface area is 281 Å². The lowest BCUT2D eigenvalue weighted by Crippen LogP contribution is -2.63. The first-order valence-corrected chi connectivity index (χ1v) is 17.2. The minimum absolute atomic E-state index is 0.0153. The predicted molar refractivity (Wildman–Crippen MR) is 178 cm³/mol. The lowest BCUT2D eigenvalue weighted by Gasteiger charge is -2.47. The van der Waals surface area contributed by atoms with E-state index in [2.05, 4.69) is 9.97 Å². The Bertz CT molecular complexity index is 2110. The van der Waals surface area contributed by atoms with Gasteiger partial charge in [0.05, 0.1) is 34.8 Å². The maximum absolute atomic E-state index is 15.8. The number of benzene rings is 2. The fourth-order valence-electron chi connectivity index (χ4n) is 5.43. The van der Waals surface area contributed by atoms with Gasteiger partial charge in [-0.3, -0.25) is 4.79 Å². The molecule has 0 radical (unpaired) electrons. The van der Waals surface area contributed by atoms with Crippen molar-refractivity contribution in [1.29, 1.82) is 0 Å². The Balaban J connectivity index is 1.48. The molecular formula is C34H33FN4O7S2. The normalized spacial score (nSPS) is 14.6. The Hall–Kier alpha value is -4.50. The SMILES string of the molecule is COCOC1(c2ncc(-c3c(F)cnc4c3cc(-c3ccc(C=O)cc3)n4S(=O)(=O)c3ccc(C)cc3)s2)CN(C(=O)OC(C)(C)C)C1. The standard InChI is InChI=1S/C34H33FN4O7S2/c1-21-6-12-24(13-7-21)48(42,43)39-27(23-10-8-22(17-40)9-11-23)14-25-29(26(35)15-36-30(25)39)28-16-37-31(47-28)34(45-20-44-5)18-38(19-34)32(41)46-33(2,3)4/h6-17H,18-20H2,1-5H3. The summed E-state index contributed by atoms with van der Waals surface area (Å²) in [7, 11) is -2.75. The number of likely N-dealkylation sites (tertiary alicyclic amines) is 1. The maximum Gasteiger partial charge on any atom is 0.410 e. The lowest BCUT2D eigenvalue weighted by molar-refractivity contribution is -0.193. The number of nitrogens with zero attached hydrogens (tertiary/aromatic N) is 4. The Morgan fingerprint density at radius 3 is 2.38 bits per heavy atom. The van der Waals surface area contributed by atoms with Gasteiger partial charge in [0.2, 0.25) is 0 Å². The summed E-state index contributed by atoms with van der Waals surface area (Å²) in [4.78, 5) is 34.8. The molecule has 0 spiro atoms. The number of thiazole rings is 1. The Morgan fingerprint density at radius 2 is 1.75 bits per heavy atom. The van der Waals surface area contributed by atoms with Crippen LogP contribution in [0.1, 0.15) is 41.7 Å². The number of fused-ring (bicyclic) bond motifs is 1. The number of halogens is 1. The molecule has 5 aromatic rings. The summed E-state index contributed by atoms with van der Waals surface area (Å²) < 4.78 is 62.1. The molecule has 6 rings (SSSR count). The molecule has 1 saturated heterocycles. The van der Waals surface area contributed by atoms with Crippen LogP contribution in [-0.4, -0.2) is 72.2 Å². The number of carbonyl (C=O) groups is 2. The number of aromatic nitrogens is 3. The zero-order valence-corrected chi connectivity index (χ0v) is 28.5. The van der Waals surface area contributed by atoms with E-state index in [0.29, 0.717) is 27.3 Å². The molecule has 11 nitrogen and oxygen atoms in total. The Kier molecular flexibility index (Phi) is 8.70. The smallest absolute Gasteiger partial charge is 0.410 e. The number of hydrogen-bond donors (Lipinski definition) is 0. The molecule has 3 aromatic heterocycles. The first-order valence-electron chi connectivity index (χ1n) is 14.9. The van der Waals surface area contributed by atoms with Gasteiger partial charge in [-0.25, -0.2) is 31.5 Å². The monoisotopic (exact) mass is 692 g/mol. The van der Waals surface area contributed by atoms with Crippen molar-refractivity contribution in [2.45, 2.75) is 43.8 Å². The third-order valence-electron chi connectivity index (χ3n) is 7.78. The maximum atomic E-state index is 15.8. The fraction of sp³-hybridized carbons (Fsp3) is 0.294.